The highest BCUT2D eigenvalue weighted by atomic mass is 16.1. The quantitative estimate of drug-likeness (QED) is 0.864. The average molecular weight is 228 g/mol. The Bertz CT molecular complexity index is 501. The zero-order valence-corrected chi connectivity index (χ0v) is 9.94. The molecule has 3 nitrogen and oxygen atoms in total. The van der Waals surface area contributed by atoms with Gasteiger partial charge in [-0.3, -0.25) is 4.79 Å². The number of para-hydroxylation sites is 1. The fourth-order valence-electron chi connectivity index (χ4n) is 1.91. The summed E-state index contributed by atoms with van der Waals surface area (Å²) in [6.07, 6.45) is 3.79. The fraction of sp³-hybridized carbons (Fsp3) is 0.286. The van der Waals surface area contributed by atoms with E-state index in [4.69, 9.17) is 5.73 Å². The van der Waals surface area contributed by atoms with Crippen molar-refractivity contribution < 1.29 is 4.79 Å². The van der Waals surface area contributed by atoms with Crippen LogP contribution in [0.1, 0.15) is 31.7 Å². The molecule has 1 heterocycles. The van der Waals surface area contributed by atoms with E-state index in [-0.39, 0.29) is 5.78 Å². The second-order valence-electron chi connectivity index (χ2n) is 4.18. The summed E-state index contributed by atoms with van der Waals surface area (Å²) in [5, 5.41) is 0. The first kappa shape index (κ1) is 11.6. The number of hydrogen-bond acceptors (Lipinski definition) is 3. The minimum absolute atomic E-state index is 0.169. The Morgan fingerprint density at radius 1 is 1.41 bits per heavy atom. The summed E-state index contributed by atoms with van der Waals surface area (Å²) in [6.45, 7) is 2.00. The van der Waals surface area contributed by atoms with Crippen LogP contribution < -0.4 is 5.73 Å². The van der Waals surface area contributed by atoms with Crippen molar-refractivity contribution in [3.8, 4) is 0 Å². The maximum Gasteiger partial charge on any atom is 0.159 e. The van der Waals surface area contributed by atoms with E-state index >= 15 is 0 Å². The van der Waals surface area contributed by atoms with Crippen molar-refractivity contribution in [1.29, 1.82) is 0 Å². The number of fused-ring (bicyclic) bond motifs is 1. The number of amidine groups is 1. The second kappa shape index (κ2) is 4.95. The van der Waals surface area contributed by atoms with E-state index in [1.807, 2.05) is 37.3 Å². The van der Waals surface area contributed by atoms with Gasteiger partial charge in [0.2, 0.25) is 0 Å². The smallest absolute Gasteiger partial charge is 0.159 e. The molecule has 0 saturated heterocycles. The monoisotopic (exact) mass is 228 g/mol. The number of carbonyl (C=O) groups is 1. The highest BCUT2D eigenvalue weighted by Crippen LogP contribution is 2.26. The molecule has 17 heavy (non-hydrogen) atoms. The van der Waals surface area contributed by atoms with Gasteiger partial charge in [0, 0.05) is 24.0 Å². The normalized spacial score (nSPS) is 14.4. The van der Waals surface area contributed by atoms with Crippen molar-refractivity contribution in [2.75, 3.05) is 0 Å². The molecule has 0 amide bonds. The van der Waals surface area contributed by atoms with Gasteiger partial charge in [-0.25, -0.2) is 4.99 Å². The summed E-state index contributed by atoms with van der Waals surface area (Å²) in [5.41, 5.74) is 8.40. The molecular weight excluding hydrogens is 212 g/mol. The molecule has 1 aromatic rings. The average Bonchev–Trinajstić information content (AvgIpc) is 2.47. The maximum atomic E-state index is 11.9. The van der Waals surface area contributed by atoms with Gasteiger partial charge in [-0.1, -0.05) is 25.1 Å². The number of benzene rings is 1. The molecule has 1 aromatic carbocycles. The Kier molecular flexibility index (Phi) is 3.38. The number of nitrogens with two attached hydrogens (primary N) is 1. The predicted octanol–water partition coefficient (Wildman–Crippen LogP) is 2.83. The van der Waals surface area contributed by atoms with Gasteiger partial charge in [0.1, 0.15) is 5.84 Å². The lowest BCUT2D eigenvalue weighted by molar-refractivity contribution is -0.115. The first-order valence-corrected chi connectivity index (χ1v) is 5.86. The van der Waals surface area contributed by atoms with Crippen molar-refractivity contribution in [2.45, 2.75) is 26.2 Å². The van der Waals surface area contributed by atoms with E-state index < -0.39 is 0 Å². The van der Waals surface area contributed by atoms with Gasteiger partial charge in [-0.15, -0.1) is 0 Å². The molecule has 2 N–H and O–H groups in total. The molecule has 0 unspecified atom stereocenters. The van der Waals surface area contributed by atoms with Crippen LogP contribution in [-0.2, 0) is 4.79 Å². The molecule has 0 bridgehead atoms. The maximum absolute atomic E-state index is 11.9. The van der Waals surface area contributed by atoms with Gasteiger partial charge < -0.3 is 5.73 Å². The van der Waals surface area contributed by atoms with E-state index in [1.165, 1.54) is 0 Å². The molecule has 2 rings (SSSR count). The van der Waals surface area contributed by atoms with Gasteiger partial charge in [-0.05, 0) is 18.6 Å². The Morgan fingerprint density at radius 3 is 2.94 bits per heavy atom. The van der Waals surface area contributed by atoms with E-state index in [0.717, 1.165) is 23.2 Å². The van der Waals surface area contributed by atoms with Crippen molar-refractivity contribution >= 4 is 23.4 Å². The third-order valence-electron chi connectivity index (χ3n) is 2.74. The lowest BCUT2D eigenvalue weighted by atomic mass is 10.0. The van der Waals surface area contributed by atoms with Crippen molar-refractivity contribution in [3.63, 3.8) is 0 Å². The summed E-state index contributed by atoms with van der Waals surface area (Å²) in [6, 6.07) is 7.72. The number of Topliss-reactive ketones (excluding diaryl/α,β-unsaturated/α-hetero) is 1. The number of rotatable bonds is 3. The molecule has 1 aliphatic heterocycles. The molecule has 0 spiro atoms. The summed E-state index contributed by atoms with van der Waals surface area (Å²) in [5.74, 6) is 0.674. The van der Waals surface area contributed by atoms with Gasteiger partial charge in [0.05, 0.1) is 5.69 Å². The highest BCUT2D eigenvalue weighted by molar-refractivity contribution is 6.06. The van der Waals surface area contributed by atoms with E-state index in [0.29, 0.717) is 18.7 Å². The number of aliphatic imine (C=N–C) groups is 1. The van der Waals surface area contributed by atoms with Gasteiger partial charge in [0.15, 0.2) is 5.78 Å². The third kappa shape index (κ3) is 2.61. The minimum atomic E-state index is 0.169. The molecule has 3 heteroatoms. The van der Waals surface area contributed by atoms with Crippen LogP contribution in [0.5, 0.6) is 0 Å². The second-order valence-corrected chi connectivity index (χ2v) is 4.18. The lowest BCUT2D eigenvalue weighted by Gasteiger charge is -2.03. The van der Waals surface area contributed by atoms with Crippen LogP contribution in [0.25, 0.3) is 6.08 Å². The summed E-state index contributed by atoms with van der Waals surface area (Å²) < 4.78 is 0. The van der Waals surface area contributed by atoms with Crippen LogP contribution in [-0.4, -0.2) is 11.6 Å². The van der Waals surface area contributed by atoms with Gasteiger partial charge >= 0.3 is 0 Å². The Labute approximate surface area is 101 Å². The van der Waals surface area contributed by atoms with Crippen LogP contribution >= 0.6 is 0 Å². The molecular formula is C14H16N2O. The highest BCUT2D eigenvalue weighted by Gasteiger charge is 2.14. The predicted molar refractivity (Wildman–Crippen MR) is 70.2 cm³/mol. The molecule has 0 saturated carbocycles. The standard InChI is InChI=1S/C14H16N2O/c1-2-5-13(17)11-8-10-6-3-4-7-12(10)16-14(15)9-11/h3-4,6-8H,2,5,9H2,1H3,(H2,15,16). The number of hydrogen-bond donors (Lipinski definition) is 1. The Balaban J connectivity index is 2.41. The molecule has 0 radical (unpaired) electrons. The van der Waals surface area contributed by atoms with E-state index in [1.54, 1.807) is 0 Å². The Hall–Kier alpha value is -1.90. The molecule has 0 atom stereocenters. The van der Waals surface area contributed by atoms with Crippen LogP contribution in [0.4, 0.5) is 5.69 Å². The lowest BCUT2D eigenvalue weighted by Crippen LogP contribution is -2.14. The number of ketones is 1. The van der Waals surface area contributed by atoms with Crippen molar-refractivity contribution in [3.05, 3.63) is 35.4 Å². The molecule has 0 aliphatic carbocycles. The number of nitrogens with zero attached hydrogens (tertiary/aromatic N) is 1. The van der Waals surface area contributed by atoms with Crippen molar-refractivity contribution in [1.82, 2.24) is 0 Å². The first-order valence-electron chi connectivity index (χ1n) is 5.86. The van der Waals surface area contributed by atoms with Crippen LogP contribution in [0.15, 0.2) is 34.8 Å². The Morgan fingerprint density at radius 2 is 2.18 bits per heavy atom. The SMILES string of the molecule is CCCC(=O)C1=Cc2ccccc2N=C(N)C1. The molecule has 0 fully saturated rings. The summed E-state index contributed by atoms with van der Waals surface area (Å²) >= 11 is 0. The number of carbonyl (C=O) groups excluding carboxylic acids is 1. The summed E-state index contributed by atoms with van der Waals surface area (Å²) in [4.78, 5) is 16.2. The fourth-order valence-corrected chi connectivity index (χ4v) is 1.91. The minimum Gasteiger partial charge on any atom is -0.387 e. The van der Waals surface area contributed by atoms with Crippen LogP contribution in [0.3, 0.4) is 0 Å². The zero-order valence-electron chi connectivity index (χ0n) is 9.94. The van der Waals surface area contributed by atoms with Gasteiger partial charge in [-0.2, -0.15) is 0 Å². The molecule has 88 valence electrons. The largest absolute Gasteiger partial charge is 0.387 e. The van der Waals surface area contributed by atoms with Crippen LogP contribution in [0.2, 0.25) is 0 Å². The first-order chi connectivity index (χ1) is 8.20. The van der Waals surface area contributed by atoms with Crippen LogP contribution in [0, 0.1) is 0 Å². The van der Waals surface area contributed by atoms with E-state index in [2.05, 4.69) is 4.99 Å². The van der Waals surface area contributed by atoms with E-state index in [9.17, 15) is 4.79 Å². The summed E-state index contributed by atoms with van der Waals surface area (Å²) in [7, 11) is 0. The third-order valence-corrected chi connectivity index (χ3v) is 2.74. The van der Waals surface area contributed by atoms with Gasteiger partial charge in [0.25, 0.3) is 0 Å². The van der Waals surface area contributed by atoms with Crippen molar-refractivity contribution in [2.24, 2.45) is 10.7 Å². The molecule has 0 aromatic heterocycles. The topological polar surface area (TPSA) is 55.5 Å². The molecule has 1 aliphatic rings. The zero-order chi connectivity index (χ0) is 12.3.